The highest BCUT2D eigenvalue weighted by Gasteiger charge is 2.09. The van der Waals surface area contributed by atoms with Crippen LogP contribution in [0.1, 0.15) is 16.8 Å². The lowest BCUT2D eigenvalue weighted by molar-refractivity contribution is 1.12. The van der Waals surface area contributed by atoms with Crippen molar-refractivity contribution in [1.82, 2.24) is 4.98 Å². The SMILES string of the molecule is Cc1nc(Br)c(C#N)c(N)c1C. The molecule has 62 valence electrons. The topological polar surface area (TPSA) is 62.7 Å². The summed E-state index contributed by atoms with van der Waals surface area (Å²) in [6, 6.07) is 2.00. The van der Waals surface area contributed by atoms with Crippen molar-refractivity contribution in [2.24, 2.45) is 0 Å². The molecule has 1 rings (SSSR count). The van der Waals surface area contributed by atoms with E-state index in [-0.39, 0.29) is 0 Å². The summed E-state index contributed by atoms with van der Waals surface area (Å²) in [5.41, 5.74) is 8.34. The van der Waals surface area contributed by atoms with Crippen LogP contribution < -0.4 is 5.73 Å². The average Bonchev–Trinajstić information content (AvgIpc) is 2.01. The molecule has 0 atom stereocenters. The summed E-state index contributed by atoms with van der Waals surface area (Å²) < 4.78 is 0.519. The lowest BCUT2D eigenvalue weighted by Crippen LogP contribution is -2.00. The Labute approximate surface area is 79.3 Å². The molecule has 0 aliphatic heterocycles. The summed E-state index contributed by atoms with van der Waals surface area (Å²) in [6.45, 7) is 3.71. The smallest absolute Gasteiger partial charge is 0.126 e. The van der Waals surface area contributed by atoms with Crippen LogP contribution in [-0.4, -0.2) is 4.98 Å². The van der Waals surface area contributed by atoms with Crippen molar-refractivity contribution >= 4 is 21.6 Å². The molecule has 3 nitrogen and oxygen atoms in total. The van der Waals surface area contributed by atoms with E-state index in [1.165, 1.54) is 0 Å². The molecule has 0 radical (unpaired) electrons. The zero-order valence-electron chi connectivity index (χ0n) is 6.85. The number of aromatic nitrogens is 1. The summed E-state index contributed by atoms with van der Waals surface area (Å²) in [4.78, 5) is 4.12. The van der Waals surface area contributed by atoms with E-state index in [0.29, 0.717) is 15.9 Å². The van der Waals surface area contributed by atoms with Crippen molar-refractivity contribution in [2.45, 2.75) is 13.8 Å². The second-order valence-corrected chi connectivity index (χ2v) is 3.26. The van der Waals surface area contributed by atoms with Crippen molar-refractivity contribution in [1.29, 1.82) is 5.26 Å². The molecule has 0 spiro atoms. The summed E-state index contributed by atoms with van der Waals surface area (Å²) in [5, 5.41) is 8.71. The Morgan fingerprint density at radius 3 is 2.58 bits per heavy atom. The zero-order valence-corrected chi connectivity index (χ0v) is 8.44. The minimum atomic E-state index is 0.415. The fourth-order valence-electron chi connectivity index (χ4n) is 0.887. The van der Waals surface area contributed by atoms with Gasteiger partial charge in [0.1, 0.15) is 16.2 Å². The molecule has 4 heteroatoms. The number of nitrogens with two attached hydrogens (primary N) is 1. The molecule has 1 heterocycles. The Hall–Kier alpha value is -1.08. The summed E-state index contributed by atoms with van der Waals surface area (Å²) in [6.07, 6.45) is 0. The van der Waals surface area contributed by atoms with Crippen LogP contribution in [0.2, 0.25) is 0 Å². The third-order valence-electron chi connectivity index (χ3n) is 1.80. The zero-order chi connectivity index (χ0) is 9.30. The normalized spacial score (nSPS) is 9.50. The van der Waals surface area contributed by atoms with Gasteiger partial charge in [0, 0.05) is 5.69 Å². The Balaban J connectivity index is 3.54. The van der Waals surface area contributed by atoms with Crippen LogP contribution in [0.15, 0.2) is 4.60 Å². The number of nitrogens with zero attached hydrogens (tertiary/aromatic N) is 2. The molecule has 0 bridgehead atoms. The molecule has 1 aromatic heterocycles. The number of pyridine rings is 1. The van der Waals surface area contributed by atoms with E-state index in [9.17, 15) is 0 Å². The summed E-state index contributed by atoms with van der Waals surface area (Å²) in [5.74, 6) is 0. The number of nitriles is 1. The fourth-order valence-corrected chi connectivity index (χ4v) is 1.46. The molecule has 0 saturated heterocycles. The lowest BCUT2D eigenvalue weighted by Gasteiger charge is -2.06. The monoisotopic (exact) mass is 225 g/mol. The van der Waals surface area contributed by atoms with Gasteiger partial charge in [0.15, 0.2) is 0 Å². The molecule has 0 amide bonds. The molecule has 0 aromatic carbocycles. The Morgan fingerprint density at radius 2 is 2.08 bits per heavy atom. The second kappa shape index (κ2) is 3.11. The fraction of sp³-hybridized carbons (Fsp3) is 0.250. The maximum absolute atomic E-state index is 8.71. The Kier molecular flexibility index (Phi) is 2.34. The molecule has 12 heavy (non-hydrogen) atoms. The van der Waals surface area contributed by atoms with Gasteiger partial charge in [0.05, 0.1) is 5.69 Å². The molecule has 0 unspecified atom stereocenters. The summed E-state index contributed by atoms with van der Waals surface area (Å²) >= 11 is 3.18. The van der Waals surface area contributed by atoms with Crippen LogP contribution in [0, 0.1) is 25.2 Å². The van der Waals surface area contributed by atoms with E-state index in [4.69, 9.17) is 11.0 Å². The number of anilines is 1. The van der Waals surface area contributed by atoms with Crippen molar-refractivity contribution < 1.29 is 0 Å². The maximum Gasteiger partial charge on any atom is 0.126 e. The first-order valence-electron chi connectivity index (χ1n) is 3.40. The molecule has 1 aromatic rings. The van der Waals surface area contributed by atoms with Crippen LogP contribution in [0.4, 0.5) is 5.69 Å². The van der Waals surface area contributed by atoms with E-state index in [1.807, 2.05) is 19.9 Å². The Bertz CT molecular complexity index is 366. The highest BCUT2D eigenvalue weighted by atomic mass is 79.9. The van der Waals surface area contributed by atoms with Crippen LogP contribution in [0.25, 0.3) is 0 Å². The van der Waals surface area contributed by atoms with Gasteiger partial charge >= 0.3 is 0 Å². The minimum Gasteiger partial charge on any atom is -0.397 e. The van der Waals surface area contributed by atoms with Gasteiger partial charge in [-0.25, -0.2) is 4.98 Å². The quantitative estimate of drug-likeness (QED) is 0.687. The van der Waals surface area contributed by atoms with Gasteiger partial charge in [-0.3, -0.25) is 0 Å². The molecule has 0 aliphatic rings. The molecular formula is C8H8BrN3. The van der Waals surface area contributed by atoms with Crippen molar-refractivity contribution in [3.05, 3.63) is 21.4 Å². The molecule has 0 saturated carbocycles. The first kappa shape index (κ1) is 9.01. The number of aryl methyl sites for hydroxylation is 1. The van der Waals surface area contributed by atoms with Crippen molar-refractivity contribution in [2.75, 3.05) is 5.73 Å². The molecule has 2 N–H and O–H groups in total. The van der Waals surface area contributed by atoms with E-state index in [2.05, 4.69) is 20.9 Å². The van der Waals surface area contributed by atoms with Gasteiger partial charge < -0.3 is 5.73 Å². The highest BCUT2D eigenvalue weighted by Crippen LogP contribution is 2.24. The number of hydrogen-bond donors (Lipinski definition) is 1. The van der Waals surface area contributed by atoms with Gasteiger partial charge in [-0.05, 0) is 35.3 Å². The van der Waals surface area contributed by atoms with E-state index in [1.54, 1.807) is 0 Å². The predicted octanol–water partition coefficient (Wildman–Crippen LogP) is 1.91. The van der Waals surface area contributed by atoms with Gasteiger partial charge in [0.25, 0.3) is 0 Å². The van der Waals surface area contributed by atoms with E-state index < -0.39 is 0 Å². The van der Waals surface area contributed by atoms with Crippen LogP contribution in [0.3, 0.4) is 0 Å². The number of nitrogen functional groups attached to an aromatic ring is 1. The average molecular weight is 226 g/mol. The highest BCUT2D eigenvalue weighted by molar-refractivity contribution is 9.10. The predicted molar refractivity (Wildman–Crippen MR) is 50.5 cm³/mol. The van der Waals surface area contributed by atoms with Crippen molar-refractivity contribution in [3.63, 3.8) is 0 Å². The standard InChI is InChI=1S/C8H8BrN3/c1-4-5(2)12-8(9)6(3-10)7(4)11/h1-2H3,(H2,11,12). The first-order valence-corrected chi connectivity index (χ1v) is 4.19. The Morgan fingerprint density at radius 1 is 1.50 bits per heavy atom. The third-order valence-corrected chi connectivity index (χ3v) is 2.37. The van der Waals surface area contributed by atoms with Crippen LogP contribution in [-0.2, 0) is 0 Å². The second-order valence-electron chi connectivity index (χ2n) is 2.51. The first-order chi connectivity index (χ1) is 5.57. The number of halogens is 1. The minimum absolute atomic E-state index is 0.415. The molecular weight excluding hydrogens is 218 g/mol. The third kappa shape index (κ3) is 1.28. The maximum atomic E-state index is 8.71. The van der Waals surface area contributed by atoms with E-state index in [0.717, 1.165) is 11.3 Å². The van der Waals surface area contributed by atoms with Gasteiger partial charge in [-0.2, -0.15) is 5.26 Å². The lowest BCUT2D eigenvalue weighted by atomic mass is 10.1. The van der Waals surface area contributed by atoms with Gasteiger partial charge in [0.2, 0.25) is 0 Å². The van der Waals surface area contributed by atoms with Gasteiger partial charge in [-0.1, -0.05) is 0 Å². The number of rotatable bonds is 0. The van der Waals surface area contributed by atoms with Crippen LogP contribution >= 0.6 is 15.9 Å². The van der Waals surface area contributed by atoms with Gasteiger partial charge in [-0.15, -0.1) is 0 Å². The van der Waals surface area contributed by atoms with Crippen molar-refractivity contribution in [3.8, 4) is 6.07 Å². The summed E-state index contributed by atoms with van der Waals surface area (Å²) in [7, 11) is 0. The molecule has 0 fully saturated rings. The van der Waals surface area contributed by atoms with Crippen LogP contribution in [0.5, 0.6) is 0 Å². The molecule has 0 aliphatic carbocycles. The van der Waals surface area contributed by atoms with E-state index >= 15 is 0 Å². The largest absolute Gasteiger partial charge is 0.397 e. The number of hydrogen-bond acceptors (Lipinski definition) is 3.